The second-order valence-corrected chi connectivity index (χ2v) is 14.0. The van der Waals surface area contributed by atoms with E-state index in [1.54, 1.807) is 0 Å². The van der Waals surface area contributed by atoms with Crippen molar-refractivity contribution >= 4 is 23.3 Å². The Hall–Kier alpha value is -3.05. The number of aliphatic carboxylic acids is 1. The fourth-order valence-electron chi connectivity index (χ4n) is 8.64. The van der Waals surface area contributed by atoms with Crippen LogP contribution in [0.1, 0.15) is 92.7 Å². The Balaban J connectivity index is 1.26. The van der Waals surface area contributed by atoms with Crippen LogP contribution in [0.15, 0.2) is 59.5 Å². The van der Waals surface area contributed by atoms with E-state index in [4.69, 9.17) is 11.6 Å². The maximum atomic E-state index is 13.0. The SMILES string of the molecule is Cc1cn(C[C@H](C)C[C@H]2Cc3ccccc3C23CCC(Nc2cccc(Cl)c2)(C(=O)O)CC3)c2c(c1=O)[C@H](C)CCC2. The van der Waals surface area contributed by atoms with Gasteiger partial charge in [0.05, 0.1) is 0 Å². The third-order valence-corrected chi connectivity index (χ3v) is 11.0. The Morgan fingerprint density at radius 2 is 1.90 bits per heavy atom. The first-order chi connectivity index (χ1) is 20.1. The third-order valence-electron chi connectivity index (χ3n) is 10.8. The zero-order valence-electron chi connectivity index (χ0n) is 25.1. The van der Waals surface area contributed by atoms with Crippen molar-refractivity contribution in [2.24, 2.45) is 11.8 Å². The fraction of sp³-hybridized carbons (Fsp3) is 0.500. The quantitative estimate of drug-likeness (QED) is 0.295. The standard InChI is InChI=1S/C36H43ClN2O3/c1-23(21-39-22-25(3)33(40)32-24(2)8-6-13-31(32)39)18-27-19-26-9-4-5-12-30(26)35(27)14-16-36(17-15-35,34(41)42)38-29-11-7-10-28(37)20-29/h4-5,7,9-12,20,22-24,27,38H,6,8,13-19,21H2,1-3H3,(H,41,42)/t23-,24-,27+,35?,36?/m1/s1. The molecule has 0 saturated heterocycles. The average Bonchev–Trinajstić information content (AvgIpc) is 3.25. The molecule has 1 heterocycles. The van der Waals surface area contributed by atoms with E-state index in [0.717, 1.165) is 68.3 Å². The Labute approximate surface area is 254 Å². The first-order valence-electron chi connectivity index (χ1n) is 15.7. The van der Waals surface area contributed by atoms with Crippen LogP contribution in [-0.2, 0) is 29.6 Å². The Bertz CT molecular complexity index is 1550. The van der Waals surface area contributed by atoms with Crippen molar-refractivity contribution in [1.82, 2.24) is 4.57 Å². The van der Waals surface area contributed by atoms with Crippen LogP contribution >= 0.6 is 11.6 Å². The number of aryl methyl sites for hydroxylation is 1. The van der Waals surface area contributed by atoms with E-state index < -0.39 is 11.5 Å². The lowest BCUT2D eigenvalue weighted by Gasteiger charge is -2.47. The van der Waals surface area contributed by atoms with Crippen LogP contribution in [0, 0.1) is 18.8 Å². The van der Waals surface area contributed by atoms with Crippen molar-refractivity contribution in [1.29, 1.82) is 0 Å². The summed E-state index contributed by atoms with van der Waals surface area (Å²) in [6, 6.07) is 16.2. The van der Waals surface area contributed by atoms with Gasteiger partial charge < -0.3 is 15.0 Å². The number of carboxylic acid groups (broad SMARTS) is 1. The molecule has 1 aromatic heterocycles. The molecule has 0 unspecified atom stereocenters. The number of halogens is 1. The van der Waals surface area contributed by atoms with Gasteiger partial charge in [-0.15, -0.1) is 0 Å². The van der Waals surface area contributed by atoms with Gasteiger partial charge in [0, 0.05) is 40.3 Å². The molecule has 42 heavy (non-hydrogen) atoms. The molecule has 3 aromatic rings. The van der Waals surface area contributed by atoms with Crippen molar-refractivity contribution in [2.45, 2.75) is 102 Å². The fourth-order valence-corrected chi connectivity index (χ4v) is 8.83. The largest absolute Gasteiger partial charge is 0.480 e. The summed E-state index contributed by atoms with van der Waals surface area (Å²) in [6.07, 6.45) is 10.2. The summed E-state index contributed by atoms with van der Waals surface area (Å²) < 4.78 is 2.40. The molecule has 0 radical (unpaired) electrons. The number of anilines is 1. The lowest BCUT2D eigenvalue weighted by molar-refractivity contribution is -0.144. The Morgan fingerprint density at radius 1 is 1.14 bits per heavy atom. The first kappa shape index (κ1) is 29.0. The highest BCUT2D eigenvalue weighted by atomic mass is 35.5. The maximum absolute atomic E-state index is 13.0. The molecule has 2 N–H and O–H groups in total. The van der Waals surface area contributed by atoms with Gasteiger partial charge in [-0.2, -0.15) is 0 Å². The summed E-state index contributed by atoms with van der Waals surface area (Å²) in [6.45, 7) is 7.43. The number of carbonyl (C=O) groups is 1. The number of fused-ring (bicyclic) bond motifs is 3. The summed E-state index contributed by atoms with van der Waals surface area (Å²) in [4.78, 5) is 25.8. The molecule has 0 amide bonds. The number of benzene rings is 2. The molecule has 1 fully saturated rings. The molecule has 0 aliphatic heterocycles. The van der Waals surface area contributed by atoms with Gasteiger partial charge in [-0.3, -0.25) is 4.79 Å². The van der Waals surface area contributed by atoms with Gasteiger partial charge in [-0.25, -0.2) is 4.79 Å². The molecule has 3 atom stereocenters. The van der Waals surface area contributed by atoms with Gasteiger partial charge in [0.25, 0.3) is 0 Å². The van der Waals surface area contributed by atoms with Crippen LogP contribution in [0.5, 0.6) is 0 Å². The maximum Gasteiger partial charge on any atom is 0.329 e. The molecular weight excluding hydrogens is 544 g/mol. The van der Waals surface area contributed by atoms with Crippen molar-refractivity contribution < 1.29 is 9.90 Å². The summed E-state index contributed by atoms with van der Waals surface area (Å²) in [5, 5.41) is 14.4. The summed E-state index contributed by atoms with van der Waals surface area (Å²) in [7, 11) is 0. The van der Waals surface area contributed by atoms with E-state index in [-0.39, 0.29) is 10.8 Å². The molecule has 6 rings (SSSR count). The molecule has 1 saturated carbocycles. The summed E-state index contributed by atoms with van der Waals surface area (Å²) in [5.41, 5.74) is 5.96. The number of nitrogens with one attached hydrogen (secondary N) is 1. The normalized spacial score (nSPS) is 27.3. The predicted octanol–water partition coefficient (Wildman–Crippen LogP) is 7.90. The van der Waals surface area contributed by atoms with Crippen LogP contribution in [0.2, 0.25) is 5.02 Å². The van der Waals surface area contributed by atoms with Crippen LogP contribution in [-0.4, -0.2) is 21.2 Å². The zero-order chi connectivity index (χ0) is 29.6. The van der Waals surface area contributed by atoms with Gasteiger partial charge in [-0.05, 0) is 117 Å². The van der Waals surface area contributed by atoms with Gasteiger partial charge in [-0.1, -0.05) is 55.8 Å². The molecule has 2 aromatic carbocycles. The Morgan fingerprint density at radius 3 is 2.64 bits per heavy atom. The molecule has 3 aliphatic rings. The van der Waals surface area contributed by atoms with Gasteiger partial charge in [0.15, 0.2) is 5.43 Å². The lowest BCUT2D eigenvalue weighted by Crippen LogP contribution is -2.53. The number of rotatable bonds is 7. The third kappa shape index (κ3) is 5.08. The van der Waals surface area contributed by atoms with Crippen molar-refractivity contribution in [3.63, 3.8) is 0 Å². The first-order valence-corrected chi connectivity index (χ1v) is 16.1. The van der Waals surface area contributed by atoms with E-state index in [1.165, 1.54) is 16.8 Å². The molecular formula is C36H43ClN2O3. The van der Waals surface area contributed by atoms with Crippen molar-refractivity contribution in [3.05, 3.63) is 97.9 Å². The zero-order valence-corrected chi connectivity index (χ0v) is 25.8. The van der Waals surface area contributed by atoms with E-state index in [2.05, 4.69) is 54.2 Å². The number of nitrogens with zero attached hydrogens (tertiary/aromatic N) is 1. The van der Waals surface area contributed by atoms with Crippen LogP contribution in [0.3, 0.4) is 0 Å². The highest BCUT2D eigenvalue weighted by Gasteiger charge is 2.54. The van der Waals surface area contributed by atoms with Crippen molar-refractivity contribution in [2.75, 3.05) is 5.32 Å². The minimum absolute atomic E-state index is 0.0206. The monoisotopic (exact) mass is 586 g/mol. The highest BCUT2D eigenvalue weighted by Crippen LogP contribution is 2.56. The van der Waals surface area contributed by atoms with E-state index in [1.807, 2.05) is 31.2 Å². The van der Waals surface area contributed by atoms with E-state index >= 15 is 0 Å². The molecule has 3 aliphatic carbocycles. The second-order valence-electron chi connectivity index (χ2n) is 13.5. The molecule has 222 valence electrons. The van der Waals surface area contributed by atoms with Gasteiger partial charge in [0.1, 0.15) is 5.54 Å². The molecule has 1 spiro atoms. The van der Waals surface area contributed by atoms with Crippen molar-refractivity contribution in [3.8, 4) is 0 Å². The minimum atomic E-state index is -1.01. The van der Waals surface area contributed by atoms with E-state index in [0.29, 0.717) is 35.6 Å². The number of carboxylic acids is 1. The molecule has 5 nitrogen and oxygen atoms in total. The van der Waals surface area contributed by atoms with Crippen LogP contribution in [0.4, 0.5) is 5.69 Å². The number of aromatic nitrogens is 1. The second kappa shape index (κ2) is 11.2. The van der Waals surface area contributed by atoms with Crippen LogP contribution in [0.25, 0.3) is 0 Å². The molecule has 0 bridgehead atoms. The van der Waals surface area contributed by atoms with Crippen LogP contribution < -0.4 is 10.7 Å². The van der Waals surface area contributed by atoms with Gasteiger partial charge >= 0.3 is 5.97 Å². The summed E-state index contributed by atoms with van der Waals surface area (Å²) in [5.74, 6) is 0.423. The number of pyridine rings is 1. The highest BCUT2D eigenvalue weighted by molar-refractivity contribution is 6.30. The lowest BCUT2D eigenvalue weighted by atomic mass is 9.59. The summed E-state index contributed by atoms with van der Waals surface area (Å²) >= 11 is 6.23. The number of hydrogen-bond acceptors (Lipinski definition) is 3. The minimum Gasteiger partial charge on any atom is -0.480 e. The predicted molar refractivity (Wildman–Crippen MR) is 170 cm³/mol. The average molecular weight is 587 g/mol. The van der Waals surface area contributed by atoms with Gasteiger partial charge in [0.2, 0.25) is 0 Å². The number of hydrogen-bond donors (Lipinski definition) is 2. The Kier molecular flexibility index (Phi) is 7.76. The van der Waals surface area contributed by atoms with E-state index in [9.17, 15) is 14.7 Å². The molecule has 6 heteroatoms. The smallest absolute Gasteiger partial charge is 0.329 e. The topological polar surface area (TPSA) is 71.3 Å².